The minimum Gasteiger partial charge on any atom is -0.480 e. The Morgan fingerprint density at radius 3 is 1.67 bits per heavy atom. The van der Waals surface area contributed by atoms with Crippen molar-refractivity contribution in [2.24, 2.45) is 0 Å². The van der Waals surface area contributed by atoms with E-state index >= 15 is 0 Å². The lowest BCUT2D eigenvalue weighted by molar-refractivity contribution is -0.137. The van der Waals surface area contributed by atoms with Gasteiger partial charge in [-0.15, -0.1) is 9.97 Å². The van der Waals surface area contributed by atoms with Crippen LogP contribution >= 0.6 is 0 Å². The lowest BCUT2D eigenvalue weighted by Gasteiger charge is -2.15. The lowest BCUT2D eigenvalue weighted by atomic mass is 10.1. The number of nitrogens with one attached hydrogen (secondary N) is 2. The summed E-state index contributed by atoms with van der Waals surface area (Å²) in [4.78, 5) is 35.8. The summed E-state index contributed by atoms with van der Waals surface area (Å²) in [6, 6.07) is 6.22. The predicted octanol–water partition coefficient (Wildman–Crippen LogP) is 0.942. The van der Waals surface area contributed by atoms with E-state index in [0.717, 1.165) is 5.56 Å². The van der Waals surface area contributed by atoms with Crippen molar-refractivity contribution in [1.29, 1.82) is 0 Å². The molecule has 3 aromatic rings. The Balaban J connectivity index is 1.71. The highest BCUT2D eigenvalue weighted by molar-refractivity contribution is 5.77. The van der Waals surface area contributed by atoms with Crippen LogP contribution in [0.25, 0.3) is 0 Å². The van der Waals surface area contributed by atoms with Crippen LogP contribution in [0.1, 0.15) is 5.56 Å². The molecule has 14 nitrogen and oxygen atoms in total. The van der Waals surface area contributed by atoms with Crippen molar-refractivity contribution in [3.63, 3.8) is 0 Å². The summed E-state index contributed by atoms with van der Waals surface area (Å²) in [5.41, 5.74) is 1.42. The second-order valence-corrected chi connectivity index (χ2v) is 6.33. The normalized spacial score (nSPS) is 11.3. The molecular weight excluding hydrogens is 436 g/mol. The van der Waals surface area contributed by atoms with Crippen LogP contribution in [-0.4, -0.2) is 75.5 Å². The zero-order valence-corrected chi connectivity index (χ0v) is 18.3. The summed E-state index contributed by atoms with van der Waals surface area (Å²) >= 11 is 0. The summed E-state index contributed by atoms with van der Waals surface area (Å²) in [6.07, 6.45) is 0.152. The van der Waals surface area contributed by atoms with Crippen molar-refractivity contribution in [2.75, 3.05) is 39.1 Å². The van der Waals surface area contributed by atoms with Crippen molar-refractivity contribution in [3.8, 4) is 24.0 Å². The zero-order valence-electron chi connectivity index (χ0n) is 18.3. The highest BCUT2D eigenvalue weighted by Crippen LogP contribution is 2.19. The molecule has 0 spiro atoms. The largest absolute Gasteiger partial charge is 0.480 e. The number of carbonyl (C=O) groups is 1. The monoisotopic (exact) mass is 458 g/mol. The van der Waals surface area contributed by atoms with Gasteiger partial charge in [-0.2, -0.15) is 19.9 Å². The molecule has 0 saturated heterocycles. The molecule has 0 aliphatic rings. The van der Waals surface area contributed by atoms with Crippen molar-refractivity contribution in [3.05, 3.63) is 29.8 Å². The van der Waals surface area contributed by atoms with Gasteiger partial charge < -0.3 is 34.7 Å². The summed E-state index contributed by atoms with van der Waals surface area (Å²) in [5, 5.41) is 15.4. The molecule has 174 valence electrons. The van der Waals surface area contributed by atoms with Gasteiger partial charge in [0.2, 0.25) is 11.9 Å². The van der Waals surface area contributed by atoms with E-state index in [-0.39, 0.29) is 42.4 Å². The number of hydrogen-bond donors (Lipinski definition) is 3. The predicted molar refractivity (Wildman–Crippen MR) is 114 cm³/mol. The van der Waals surface area contributed by atoms with E-state index in [9.17, 15) is 9.90 Å². The molecule has 3 N–H and O–H groups in total. The van der Waals surface area contributed by atoms with Crippen LogP contribution in [0.15, 0.2) is 24.3 Å². The molecular formula is C19H22N8O6. The molecule has 3 rings (SSSR count). The fraction of sp³-hybridized carbons (Fsp3) is 0.316. The number of anilines is 3. The number of ether oxygens (including phenoxy) is 4. The number of methoxy groups -OCH3 is 4. The van der Waals surface area contributed by atoms with Gasteiger partial charge in [0, 0.05) is 12.1 Å². The molecule has 0 aliphatic carbocycles. The first-order valence-corrected chi connectivity index (χ1v) is 9.47. The van der Waals surface area contributed by atoms with Gasteiger partial charge in [-0.1, -0.05) is 12.1 Å². The number of aliphatic carboxylic acids is 1. The van der Waals surface area contributed by atoms with Crippen molar-refractivity contribution < 1.29 is 28.8 Å². The molecule has 14 heteroatoms. The van der Waals surface area contributed by atoms with E-state index in [1.54, 1.807) is 24.3 Å². The molecule has 0 radical (unpaired) electrons. The fourth-order valence-corrected chi connectivity index (χ4v) is 2.61. The quantitative estimate of drug-likeness (QED) is 0.370. The van der Waals surface area contributed by atoms with Crippen molar-refractivity contribution in [2.45, 2.75) is 12.5 Å². The van der Waals surface area contributed by atoms with Crippen LogP contribution in [-0.2, 0) is 11.2 Å². The van der Waals surface area contributed by atoms with E-state index in [1.165, 1.54) is 28.4 Å². The third-order valence-electron chi connectivity index (χ3n) is 4.17. The Morgan fingerprint density at radius 1 is 0.788 bits per heavy atom. The van der Waals surface area contributed by atoms with Gasteiger partial charge in [-0.25, -0.2) is 4.79 Å². The first-order chi connectivity index (χ1) is 15.9. The lowest BCUT2D eigenvalue weighted by Crippen LogP contribution is -2.32. The van der Waals surface area contributed by atoms with E-state index in [4.69, 9.17) is 18.9 Å². The summed E-state index contributed by atoms with van der Waals surface area (Å²) in [6.45, 7) is 0. The molecule has 33 heavy (non-hydrogen) atoms. The third kappa shape index (κ3) is 6.25. The average Bonchev–Trinajstić information content (AvgIpc) is 2.84. The van der Waals surface area contributed by atoms with Gasteiger partial charge in [0.1, 0.15) is 6.04 Å². The van der Waals surface area contributed by atoms with E-state index < -0.39 is 12.0 Å². The number of hydrogen-bond acceptors (Lipinski definition) is 13. The van der Waals surface area contributed by atoms with Crippen LogP contribution < -0.4 is 29.6 Å². The minimum absolute atomic E-state index is 0.00416. The topological polar surface area (TPSA) is 176 Å². The molecule has 2 heterocycles. The first kappa shape index (κ1) is 23.2. The van der Waals surface area contributed by atoms with Gasteiger partial charge in [0.25, 0.3) is 0 Å². The van der Waals surface area contributed by atoms with Gasteiger partial charge in [0.15, 0.2) is 0 Å². The maximum absolute atomic E-state index is 11.8. The van der Waals surface area contributed by atoms with Crippen LogP contribution in [0.4, 0.5) is 17.6 Å². The molecule has 0 amide bonds. The van der Waals surface area contributed by atoms with Crippen LogP contribution in [0.2, 0.25) is 0 Å². The maximum atomic E-state index is 11.8. The SMILES string of the molecule is COc1nc(Nc2ccc(CC(Nc3nc(OC)nc(OC)n3)C(=O)O)cc2)nc(OC)n1. The average molecular weight is 458 g/mol. The van der Waals surface area contributed by atoms with Gasteiger partial charge in [0.05, 0.1) is 28.4 Å². The van der Waals surface area contributed by atoms with Gasteiger partial charge in [-0.05, 0) is 17.7 Å². The number of carboxylic acids is 1. The molecule has 1 unspecified atom stereocenters. The molecule has 0 fully saturated rings. The second-order valence-electron chi connectivity index (χ2n) is 6.33. The third-order valence-corrected chi connectivity index (χ3v) is 4.17. The number of benzene rings is 1. The molecule has 1 aromatic carbocycles. The van der Waals surface area contributed by atoms with E-state index in [1.807, 2.05) is 0 Å². The van der Waals surface area contributed by atoms with Crippen molar-refractivity contribution >= 4 is 23.6 Å². The smallest absolute Gasteiger partial charge is 0.326 e. The van der Waals surface area contributed by atoms with Crippen LogP contribution in [0, 0.1) is 0 Å². The van der Waals surface area contributed by atoms with Gasteiger partial charge >= 0.3 is 30.0 Å². The Morgan fingerprint density at radius 2 is 1.24 bits per heavy atom. The Labute approximate surface area is 188 Å². The van der Waals surface area contributed by atoms with Crippen molar-refractivity contribution in [1.82, 2.24) is 29.9 Å². The number of nitrogens with zero attached hydrogens (tertiary/aromatic N) is 6. The number of rotatable bonds is 11. The van der Waals surface area contributed by atoms with Gasteiger partial charge in [-0.3, -0.25) is 0 Å². The first-order valence-electron chi connectivity index (χ1n) is 9.47. The van der Waals surface area contributed by atoms with E-state index in [2.05, 4.69) is 40.5 Å². The molecule has 0 aliphatic heterocycles. The maximum Gasteiger partial charge on any atom is 0.326 e. The highest BCUT2D eigenvalue weighted by Gasteiger charge is 2.20. The fourth-order valence-electron chi connectivity index (χ4n) is 2.61. The van der Waals surface area contributed by atoms with Crippen LogP contribution in [0.3, 0.4) is 0 Å². The number of aromatic nitrogens is 6. The minimum atomic E-state index is -1.08. The highest BCUT2D eigenvalue weighted by atomic mass is 16.5. The standard InChI is InChI=1S/C19H22N8O6/c1-30-16-22-14(23-17(26-16)31-2)20-11-7-5-10(6-8-11)9-12(13(28)29)21-15-24-18(32-3)27-19(25-15)33-4/h5-8,12H,9H2,1-4H3,(H,28,29)(H,20,22,23,26)(H,21,24,25,27). The summed E-state index contributed by atoms with van der Waals surface area (Å²) < 4.78 is 20.0. The Bertz CT molecular complexity index is 1050. The molecule has 0 bridgehead atoms. The Kier molecular flexibility index (Phi) is 7.51. The molecule has 1 atom stereocenters. The molecule has 2 aromatic heterocycles. The number of carboxylic acid groups (broad SMARTS) is 1. The van der Waals surface area contributed by atoms with E-state index in [0.29, 0.717) is 5.69 Å². The molecule has 0 saturated carbocycles. The summed E-state index contributed by atoms with van der Waals surface area (Å²) in [5.74, 6) is -0.837. The second kappa shape index (κ2) is 10.7. The van der Waals surface area contributed by atoms with Crippen LogP contribution in [0.5, 0.6) is 24.0 Å². The summed E-state index contributed by atoms with van der Waals surface area (Å²) in [7, 11) is 5.63. The Hall–Kier alpha value is -4.49. The zero-order chi connectivity index (χ0) is 23.8.